The van der Waals surface area contributed by atoms with Gasteiger partial charge in [0.1, 0.15) is 0 Å². The molecule has 0 atom stereocenters. The first-order valence-corrected chi connectivity index (χ1v) is 7.99. The Balaban J connectivity index is 1.81. The Bertz CT molecular complexity index is 791. The van der Waals surface area contributed by atoms with Crippen LogP contribution in [0.3, 0.4) is 0 Å². The number of hydrogen-bond acceptors (Lipinski definition) is 3. The summed E-state index contributed by atoms with van der Waals surface area (Å²) in [5.41, 5.74) is 5.91. The van der Waals surface area contributed by atoms with Gasteiger partial charge in [0.25, 0.3) is 0 Å². The zero-order valence-corrected chi connectivity index (χ0v) is 13.7. The molecular formula is C20H21N3O. The molecule has 2 aromatic rings. The third-order valence-electron chi connectivity index (χ3n) is 3.75. The van der Waals surface area contributed by atoms with Crippen LogP contribution in [0.1, 0.15) is 24.5 Å². The van der Waals surface area contributed by atoms with Gasteiger partial charge in [-0.15, -0.1) is 0 Å². The summed E-state index contributed by atoms with van der Waals surface area (Å²) in [5.74, 6) is 0.0444. The highest BCUT2D eigenvalue weighted by atomic mass is 16.1. The highest BCUT2D eigenvalue weighted by molar-refractivity contribution is 5.98. The molecule has 3 rings (SSSR count). The highest BCUT2D eigenvalue weighted by Gasteiger charge is 2.13. The van der Waals surface area contributed by atoms with Crippen molar-refractivity contribution in [1.29, 1.82) is 0 Å². The first-order chi connectivity index (χ1) is 11.6. The summed E-state index contributed by atoms with van der Waals surface area (Å²) < 4.78 is 0. The van der Waals surface area contributed by atoms with E-state index in [1.807, 2.05) is 37.3 Å². The molecule has 2 aromatic carbocycles. The molecule has 0 saturated heterocycles. The molecule has 1 amide bonds. The van der Waals surface area contributed by atoms with Crippen LogP contribution >= 0.6 is 0 Å². The maximum absolute atomic E-state index is 11.7. The van der Waals surface area contributed by atoms with E-state index in [-0.39, 0.29) is 5.91 Å². The van der Waals surface area contributed by atoms with Crippen LogP contribution < -0.4 is 16.0 Å². The number of allylic oxidation sites excluding steroid dienone is 1. The summed E-state index contributed by atoms with van der Waals surface area (Å²) in [6.07, 6.45) is 4.61. The summed E-state index contributed by atoms with van der Waals surface area (Å²) in [6.45, 7) is 6.42. The van der Waals surface area contributed by atoms with Crippen LogP contribution in [0.2, 0.25) is 0 Å². The highest BCUT2D eigenvalue weighted by Crippen LogP contribution is 2.29. The van der Waals surface area contributed by atoms with Crippen molar-refractivity contribution in [2.24, 2.45) is 0 Å². The third-order valence-corrected chi connectivity index (χ3v) is 3.75. The molecule has 4 nitrogen and oxygen atoms in total. The van der Waals surface area contributed by atoms with E-state index in [9.17, 15) is 4.79 Å². The Kier molecular flexibility index (Phi) is 4.66. The second kappa shape index (κ2) is 7.04. The molecule has 0 unspecified atom stereocenters. The van der Waals surface area contributed by atoms with Crippen LogP contribution in [0.4, 0.5) is 17.1 Å². The molecule has 3 N–H and O–H groups in total. The zero-order valence-electron chi connectivity index (χ0n) is 13.7. The van der Waals surface area contributed by atoms with Gasteiger partial charge in [0, 0.05) is 24.4 Å². The van der Waals surface area contributed by atoms with E-state index < -0.39 is 0 Å². The molecule has 0 radical (unpaired) electrons. The minimum Gasteiger partial charge on any atom is -0.382 e. The van der Waals surface area contributed by atoms with Gasteiger partial charge in [0.2, 0.25) is 5.91 Å². The number of rotatable bonds is 4. The van der Waals surface area contributed by atoms with Gasteiger partial charge in [0.15, 0.2) is 0 Å². The van der Waals surface area contributed by atoms with Crippen molar-refractivity contribution in [2.75, 3.05) is 22.5 Å². The number of nitrogens with one attached hydrogen (secondary N) is 3. The summed E-state index contributed by atoms with van der Waals surface area (Å²) in [4.78, 5) is 11.7. The number of para-hydroxylation sites is 1. The number of anilines is 3. The fourth-order valence-corrected chi connectivity index (χ4v) is 2.63. The molecule has 0 aliphatic carbocycles. The van der Waals surface area contributed by atoms with Gasteiger partial charge in [-0.3, -0.25) is 4.79 Å². The lowest BCUT2D eigenvalue weighted by molar-refractivity contribution is -0.115. The maximum atomic E-state index is 11.7. The molecule has 0 bridgehead atoms. The largest absolute Gasteiger partial charge is 0.382 e. The average molecular weight is 319 g/mol. The molecule has 122 valence electrons. The Morgan fingerprint density at radius 2 is 1.96 bits per heavy atom. The summed E-state index contributed by atoms with van der Waals surface area (Å²) in [5, 5.41) is 9.46. The van der Waals surface area contributed by atoms with Crippen LogP contribution in [0.25, 0.3) is 12.2 Å². The lowest BCUT2D eigenvalue weighted by Crippen LogP contribution is -2.10. The number of carbonyl (C=O) groups excluding carboxylic acids is 1. The molecule has 24 heavy (non-hydrogen) atoms. The number of benzene rings is 2. The third kappa shape index (κ3) is 3.84. The van der Waals surface area contributed by atoms with Crippen molar-refractivity contribution in [3.63, 3.8) is 0 Å². The SMILES string of the molecule is C=C(C)Nc1ccc(/C=C/c2cccc3c2NCCC(=O)N3)cc1. The molecule has 0 saturated carbocycles. The van der Waals surface area contributed by atoms with E-state index in [1.165, 1.54) is 0 Å². The number of carbonyl (C=O) groups is 1. The van der Waals surface area contributed by atoms with Crippen LogP contribution in [-0.2, 0) is 4.79 Å². The normalized spacial score (nSPS) is 13.6. The van der Waals surface area contributed by atoms with E-state index >= 15 is 0 Å². The van der Waals surface area contributed by atoms with Crippen LogP contribution in [0.5, 0.6) is 0 Å². The smallest absolute Gasteiger partial charge is 0.226 e. The number of hydrogen-bond donors (Lipinski definition) is 3. The Morgan fingerprint density at radius 1 is 1.17 bits per heavy atom. The van der Waals surface area contributed by atoms with Crippen molar-refractivity contribution in [3.8, 4) is 0 Å². The molecule has 4 heteroatoms. The first-order valence-electron chi connectivity index (χ1n) is 7.99. The predicted octanol–water partition coefficient (Wildman–Crippen LogP) is 4.56. The van der Waals surface area contributed by atoms with Gasteiger partial charge >= 0.3 is 0 Å². The summed E-state index contributed by atoms with van der Waals surface area (Å²) >= 11 is 0. The Hall–Kier alpha value is -3.01. The molecule has 1 aliphatic heterocycles. The quantitative estimate of drug-likeness (QED) is 0.724. The first kappa shape index (κ1) is 15.9. The van der Waals surface area contributed by atoms with Crippen molar-refractivity contribution in [2.45, 2.75) is 13.3 Å². The number of amides is 1. The van der Waals surface area contributed by atoms with E-state index in [1.54, 1.807) is 0 Å². The second-order valence-corrected chi connectivity index (χ2v) is 5.86. The van der Waals surface area contributed by atoms with Crippen molar-refractivity contribution in [1.82, 2.24) is 0 Å². The monoisotopic (exact) mass is 319 g/mol. The zero-order chi connectivity index (χ0) is 16.9. The molecular weight excluding hydrogens is 298 g/mol. The number of fused-ring (bicyclic) bond motifs is 1. The predicted molar refractivity (Wildman–Crippen MR) is 102 cm³/mol. The summed E-state index contributed by atoms with van der Waals surface area (Å²) in [6, 6.07) is 14.1. The average Bonchev–Trinajstić information content (AvgIpc) is 2.74. The topological polar surface area (TPSA) is 53.2 Å². The molecule has 1 aliphatic rings. The fraction of sp³-hybridized carbons (Fsp3) is 0.150. The van der Waals surface area contributed by atoms with Gasteiger partial charge in [0.05, 0.1) is 11.4 Å². The lowest BCUT2D eigenvalue weighted by Gasteiger charge is -2.11. The molecule has 0 spiro atoms. The fourth-order valence-electron chi connectivity index (χ4n) is 2.63. The molecule has 0 aromatic heterocycles. The van der Waals surface area contributed by atoms with Gasteiger partial charge in [-0.1, -0.05) is 43.0 Å². The van der Waals surface area contributed by atoms with Crippen molar-refractivity contribution >= 4 is 35.1 Å². The minimum atomic E-state index is 0.0444. The Morgan fingerprint density at radius 3 is 2.71 bits per heavy atom. The minimum absolute atomic E-state index is 0.0444. The van der Waals surface area contributed by atoms with Gasteiger partial charge in [-0.05, 0) is 36.2 Å². The van der Waals surface area contributed by atoms with E-state index in [0.717, 1.165) is 33.9 Å². The molecule has 0 fully saturated rings. The van der Waals surface area contributed by atoms with Gasteiger partial charge < -0.3 is 16.0 Å². The van der Waals surface area contributed by atoms with Crippen LogP contribution in [0.15, 0.2) is 54.7 Å². The molecule has 1 heterocycles. The van der Waals surface area contributed by atoms with E-state index in [2.05, 4.69) is 46.8 Å². The van der Waals surface area contributed by atoms with Crippen molar-refractivity contribution in [3.05, 3.63) is 65.9 Å². The van der Waals surface area contributed by atoms with E-state index in [4.69, 9.17) is 0 Å². The second-order valence-electron chi connectivity index (χ2n) is 5.86. The van der Waals surface area contributed by atoms with Crippen LogP contribution in [-0.4, -0.2) is 12.5 Å². The maximum Gasteiger partial charge on any atom is 0.226 e. The lowest BCUT2D eigenvalue weighted by atomic mass is 10.1. The van der Waals surface area contributed by atoms with Gasteiger partial charge in [-0.25, -0.2) is 0 Å². The van der Waals surface area contributed by atoms with E-state index in [0.29, 0.717) is 13.0 Å². The summed E-state index contributed by atoms with van der Waals surface area (Å²) in [7, 11) is 0. The van der Waals surface area contributed by atoms with Gasteiger partial charge in [-0.2, -0.15) is 0 Å². The standard InChI is InChI=1S/C20H21N3O/c1-14(2)22-17-10-7-15(8-11-17)6-9-16-4-3-5-18-20(16)21-13-12-19(24)23-18/h3-11,21-22H,1,12-13H2,2H3,(H,23,24)/b9-6+. The van der Waals surface area contributed by atoms with Crippen LogP contribution in [0, 0.1) is 0 Å². The Labute approximate surface area is 142 Å². The van der Waals surface area contributed by atoms with Crippen molar-refractivity contribution < 1.29 is 4.79 Å².